The maximum atomic E-state index is 11.3. The molecule has 1 N–H and O–H groups in total. The Balaban J connectivity index is 2.53. The van der Waals surface area contributed by atoms with Gasteiger partial charge >= 0.3 is 0 Å². The fourth-order valence-electron chi connectivity index (χ4n) is 1.52. The van der Waals surface area contributed by atoms with Crippen LogP contribution in [-0.2, 0) is 4.79 Å². The highest BCUT2D eigenvalue weighted by Gasteiger charge is 2.12. The van der Waals surface area contributed by atoms with E-state index in [1.807, 2.05) is 48.6 Å². The van der Waals surface area contributed by atoms with Gasteiger partial charge < -0.3 is 5.32 Å². The molecule has 0 spiro atoms. The predicted octanol–water partition coefficient (Wildman–Crippen LogP) is 2.84. The van der Waals surface area contributed by atoms with Crippen molar-refractivity contribution in [2.75, 3.05) is 0 Å². The minimum absolute atomic E-state index is 0.401. The van der Waals surface area contributed by atoms with E-state index in [-0.39, 0.29) is 0 Å². The maximum Gasteiger partial charge on any atom is 0.269 e. The molecule has 0 saturated carbocycles. The minimum atomic E-state index is -0.491. The number of halogens is 1. The van der Waals surface area contributed by atoms with Crippen LogP contribution >= 0.6 is 11.6 Å². The van der Waals surface area contributed by atoms with Crippen LogP contribution in [0.3, 0.4) is 0 Å². The van der Waals surface area contributed by atoms with Gasteiger partial charge in [-0.2, -0.15) is 0 Å². The van der Waals surface area contributed by atoms with Gasteiger partial charge in [0.1, 0.15) is 5.70 Å². The fraction of sp³-hybridized carbons (Fsp3) is 0. The van der Waals surface area contributed by atoms with Gasteiger partial charge in [0.25, 0.3) is 5.24 Å². The highest BCUT2D eigenvalue weighted by molar-refractivity contribution is 6.68. The zero-order valence-electron chi connectivity index (χ0n) is 8.48. The van der Waals surface area contributed by atoms with E-state index in [1.165, 1.54) is 0 Å². The van der Waals surface area contributed by atoms with E-state index in [0.717, 1.165) is 11.1 Å². The standard InChI is InChI=1S/C13H10ClNO/c14-13(16)12-11(8-4-5-9-15-12)10-6-2-1-3-7-10/h1-9,15H. The van der Waals surface area contributed by atoms with Gasteiger partial charge in [-0.05, 0) is 23.2 Å². The highest BCUT2D eigenvalue weighted by atomic mass is 35.5. The Morgan fingerprint density at radius 1 is 1.12 bits per heavy atom. The number of allylic oxidation sites excluding steroid dienone is 5. The Hall–Kier alpha value is -1.80. The first kappa shape index (κ1) is 10.7. The first-order valence-electron chi connectivity index (χ1n) is 4.88. The summed E-state index contributed by atoms with van der Waals surface area (Å²) in [6, 6.07) is 9.65. The molecule has 0 aliphatic carbocycles. The molecular formula is C13H10ClNO. The third-order valence-corrected chi connectivity index (χ3v) is 2.44. The average molecular weight is 232 g/mol. The summed E-state index contributed by atoms with van der Waals surface area (Å²) in [5.41, 5.74) is 2.16. The van der Waals surface area contributed by atoms with E-state index in [1.54, 1.807) is 6.20 Å². The molecule has 0 fully saturated rings. The number of nitrogens with one attached hydrogen (secondary N) is 1. The van der Waals surface area contributed by atoms with Crippen LogP contribution in [0.5, 0.6) is 0 Å². The quantitative estimate of drug-likeness (QED) is 0.793. The minimum Gasteiger partial charge on any atom is -0.357 e. The molecule has 0 unspecified atom stereocenters. The van der Waals surface area contributed by atoms with E-state index >= 15 is 0 Å². The molecule has 3 heteroatoms. The topological polar surface area (TPSA) is 29.1 Å². The molecule has 0 bridgehead atoms. The lowest BCUT2D eigenvalue weighted by Crippen LogP contribution is -2.12. The summed E-state index contributed by atoms with van der Waals surface area (Å²) in [4.78, 5) is 11.3. The lowest BCUT2D eigenvalue weighted by molar-refractivity contribution is -0.108. The van der Waals surface area contributed by atoms with Crippen LogP contribution in [0.2, 0.25) is 0 Å². The predicted molar refractivity (Wildman–Crippen MR) is 65.6 cm³/mol. The second kappa shape index (κ2) is 4.81. The van der Waals surface area contributed by atoms with Crippen molar-refractivity contribution in [3.8, 4) is 0 Å². The normalized spacial score (nSPS) is 14.6. The smallest absolute Gasteiger partial charge is 0.269 e. The molecular weight excluding hydrogens is 222 g/mol. The monoisotopic (exact) mass is 231 g/mol. The molecule has 0 saturated heterocycles. The summed E-state index contributed by atoms with van der Waals surface area (Å²) >= 11 is 5.55. The van der Waals surface area contributed by atoms with Crippen LogP contribution in [0.15, 0.2) is 60.5 Å². The van der Waals surface area contributed by atoms with Crippen LogP contribution in [0.1, 0.15) is 5.56 Å². The Labute approximate surface area is 98.9 Å². The van der Waals surface area contributed by atoms with Crippen LogP contribution in [0.25, 0.3) is 5.57 Å². The van der Waals surface area contributed by atoms with Crippen LogP contribution in [-0.4, -0.2) is 5.24 Å². The van der Waals surface area contributed by atoms with Crippen LogP contribution in [0, 0.1) is 0 Å². The highest BCUT2D eigenvalue weighted by Crippen LogP contribution is 2.21. The second-order valence-corrected chi connectivity index (χ2v) is 3.63. The molecule has 0 radical (unpaired) electrons. The van der Waals surface area contributed by atoms with Crippen molar-refractivity contribution in [1.82, 2.24) is 5.32 Å². The number of rotatable bonds is 2. The van der Waals surface area contributed by atoms with Crippen molar-refractivity contribution >= 4 is 22.4 Å². The van der Waals surface area contributed by atoms with Gasteiger partial charge in [0.2, 0.25) is 0 Å². The second-order valence-electron chi connectivity index (χ2n) is 3.29. The van der Waals surface area contributed by atoms with Gasteiger partial charge in [0.15, 0.2) is 0 Å². The third-order valence-electron chi connectivity index (χ3n) is 2.25. The SMILES string of the molecule is O=C(Cl)C1=C(c2ccccc2)C=CC=CN1. The van der Waals surface area contributed by atoms with Crippen molar-refractivity contribution in [2.24, 2.45) is 0 Å². The lowest BCUT2D eigenvalue weighted by atomic mass is 10.0. The van der Waals surface area contributed by atoms with Gasteiger partial charge in [-0.25, -0.2) is 0 Å². The number of hydrogen-bond donors (Lipinski definition) is 1. The fourth-order valence-corrected chi connectivity index (χ4v) is 1.68. The van der Waals surface area contributed by atoms with Crippen LogP contribution < -0.4 is 5.32 Å². The van der Waals surface area contributed by atoms with E-state index in [2.05, 4.69) is 5.32 Å². The Morgan fingerprint density at radius 2 is 1.88 bits per heavy atom. The molecule has 1 aliphatic heterocycles. The molecule has 0 aromatic heterocycles. The van der Waals surface area contributed by atoms with Gasteiger partial charge in [-0.1, -0.05) is 42.5 Å². The van der Waals surface area contributed by atoms with Crippen molar-refractivity contribution < 1.29 is 4.79 Å². The van der Waals surface area contributed by atoms with Gasteiger partial charge in [-0.3, -0.25) is 4.79 Å². The zero-order chi connectivity index (χ0) is 11.4. The van der Waals surface area contributed by atoms with Gasteiger partial charge in [0, 0.05) is 11.8 Å². The molecule has 1 aromatic rings. The summed E-state index contributed by atoms with van der Waals surface area (Å²) in [6.45, 7) is 0. The third kappa shape index (κ3) is 2.23. The molecule has 2 nitrogen and oxygen atoms in total. The molecule has 1 heterocycles. The molecule has 1 aliphatic rings. The number of carbonyl (C=O) groups excluding carboxylic acids is 1. The molecule has 80 valence electrons. The molecule has 0 atom stereocenters. The molecule has 2 rings (SSSR count). The first-order valence-corrected chi connectivity index (χ1v) is 5.26. The van der Waals surface area contributed by atoms with E-state index in [0.29, 0.717) is 5.70 Å². The summed E-state index contributed by atoms with van der Waals surface area (Å²) in [5.74, 6) is 0. The maximum absolute atomic E-state index is 11.3. The van der Waals surface area contributed by atoms with E-state index < -0.39 is 5.24 Å². The lowest BCUT2D eigenvalue weighted by Gasteiger charge is -2.07. The first-order chi connectivity index (χ1) is 7.79. The van der Waals surface area contributed by atoms with Crippen molar-refractivity contribution in [2.45, 2.75) is 0 Å². The average Bonchev–Trinajstić information content (AvgIpc) is 2.55. The van der Waals surface area contributed by atoms with Crippen molar-refractivity contribution in [3.63, 3.8) is 0 Å². The largest absolute Gasteiger partial charge is 0.357 e. The molecule has 1 aromatic carbocycles. The van der Waals surface area contributed by atoms with Gasteiger partial charge in [0.05, 0.1) is 0 Å². The summed E-state index contributed by atoms with van der Waals surface area (Å²) in [7, 11) is 0. The van der Waals surface area contributed by atoms with E-state index in [9.17, 15) is 4.79 Å². The van der Waals surface area contributed by atoms with Crippen molar-refractivity contribution in [1.29, 1.82) is 0 Å². The van der Waals surface area contributed by atoms with Crippen LogP contribution in [0.4, 0.5) is 0 Å². The Bertz CT molecular complexity index is 486. The van der Waals surface area contributed by atoms with Gasteiger partial charge in [-0.15, -0.1) is 0 Å². The number of hydrogen-bond acceptors (Lipinski definition) is 2. The Kier molecular flexibility index (Phi) is 3.22. The summed E-state index contributed by atoms with van der Waals surface area (Å²) < 4.78 is 0. The summed E-state index contributed by atoms with van der Waals surface area (Å²) in [6.07, 6.45) is 7.22. The van der Waals surface area contributed by atoms with Crippen molar-refractivity contribution in [3.05, 3.63) is 66.0 Å². The summed E-state index contributed by atoms with van der Waals surface area (Å²) in [5, 5.41) is 2.39. The van der Waals surface area contributed by atoms with E-state index in [4.69, 9.17) is 11.6 Å². The molecule has 16 heavy (non-hydrogen) atoms. The molecule has 0 amide bonds. The Morgan fingerprint density at radius 3 is 2.56 bits per heavy atom. The number of carbonyl (C=O) groups is 1. The number of benzene rings is 1. The zero-order valence-corrected chi connectivity index (χ0v) is 9.24.